The lowest BCUT2D eigenvalue weighted by Crippen LogP contribution is -2.21. The van der Waals surface area contributed by atoms with E-state index in [9.17, 15) is 17.6 Å². The van der Waals surface area contributed by atoms with Crippen LogP contribution < -0.4 is 10.1 Å². The van der Waals surface area contributed by atoms with Crippen molar-refractivity contribution < 1.29 is 32.2 Å². The number of alkyl halides is 3. The maximum absolute atomic E-state index is 13.4. The normalized spacial score (nSPS) is 15.0. The van der Waals surface area contributed by atoms with Gasteiger partial charge in [-0.25, -0.2) is 23.5 Å². The fraction of sp³-hybridized carbons (Fsp3) is 0.292. The molecular weight excluding hydrogens is 546 g/mol. The second-order valence-electron chi connectivity index (χ2n) is 8.39. The number of ether oxygens (including phenoxy) is 1. The molecule has 4 aromatic rings. The van der Waals surface area contributed by atoms with Crippen molar-refractivity contribution in [1.29, 1.82) is 0 Å². The van der Waals surface area contributed by atoms with Crippen molar-refractivity contribution in [2.24, 2.45) is 0 Å². The molecule has 1 unspecified atom stereocenters. The molecule has 0 saturated carbocycles. The highest BCUT2D eigenvalue weighted by Gasteiger charge is 2.38. The summed E-state index contributed by atoms with van der Waals surface area (Å²) in [5.41, 5.74) is 2.53. The number of halogens is 5. The van der Waals surface area contributed by atoms with Gasteiger partial charge in [0, 0.05) is 24.2 Å². The topological polar surface area (TPSA) is 120 Å². The van der Waals surface area contributed by atoms with E-state index in [0.717, 1.165) is 42.9 Å². The summed E-state index contributed by atoms with van der Waals surface area (Å²) in [5, 5.41) is 19.3. The lowest BCUT2D eigenvalue weighted by molar-refractivity contribution is -0.192. The maximum Gasteiger partial charge on any atom is 0.490 e. The zero-order valence-electron chi connectivity index (χ0n) is 20.4. The highest BCUT2D eigenvalue weighted by Crippen LogP contribution is 2.33. The maximum atomic E-state index is 13.4. The number of aromatic nitrogens is 6. The first-order chi connectivity index (χ1) is 18.5. The minimum absolute atomic E-state index is 0.0788. The van der Waals surface area contributed by atoms with Crippen LogP contribution in [0.4, 0.5) is 29.2 Å². The fourth-order valence-electron chi connectivity index (χ4n) is 4.01. The summed E-state index contributed by atoms with van der Waals surface area (Å²) in [4.78, 5) is 17.6. The average molecular weight is 568 g/mol. The molecule has 0 fully saturated rings. The Morgan fingerprint density at radius 2 is 1.87 bits per heavy atom. The van der Waals surface area contributed by atoms with E-state index >= 15 is 0 Å². The van der Waals surface area contributed by atoms with Crippen molar-refractivity contribution in [3.05, 3.63) is 71.3 Å². The molecule has 0 radical (unpaired) electrons. The SMILES string of the molecule is COc1cc(Nc2nc3n(n2)CCCCC3c2ccc(F)cc2)ccc1-n1cnc(Cl)n1.O=C(O)C(F)(F)F. The van der Waals surface area contributed by atoms with E-state index < -0.39 is 12.1 Å². The van der Waals surface area contributed by atoms with Gasteiger partial charge in [-0.1, -0.05) is 18.6 Å². The van der Waals surface area contributed by atoms with Crippen molar-refractivity contribution in [3.8, 4) is 11.4 Å². The number of benzene rings is 2. The Balaban J connectivity index is 0.000000448. The van der Waals surface area contributed by atoms with E-state index in [1.807, 2.05) is 35.0 Å². The highest BCUT2D eigenvalue weighted by molar-refractivity contribution is 6.28. The van der Waals surface area contributed by atoms with Crippen LogP contribution in [0.2, 0.25) is 5.28 Å². The Bertz CT molecular complexity index is 1440. The summed E-state index contributed by atoms with van der Waals surface area (Å²) in [5.74, 6) is -0.925. The van der Waals surface area contributed by atoms with Gasteiger partial charge in [0.2, 0.25) is 11.2 Å². The number of hydrogen-bond donors (Lipinski definition) is 2. The number of nitrogens with one attached hydrogen (secondary N) is 1. The van der Waals surface area contributed by atoms with Gasteiger partial charge in [-0.15, -0.1) is 10.2 Å². The molecule has 0 aliphatic carbocycles. The fourth-order valence-corrected chi connectivity index (χ4v) is 4.14. The lowest BCUT2D eigenvalue weighted by atomic mass is 9.93. The third-order valence-electron chi connectivity index (χ3n) is 5.79. The van der Waals surface area contributed by atoms with Crippen molar-refractivity contribution in [2.75, 3.05) is 12.4 Å². The van der Waals surface area contributed by atoms with Gasteiger partial charge < -0.3 is 15.2 Å². The van der Waals surface area contributed by atoms with E-state index in [4.69, 9.17) is 31.2 Å². The number of anilines is 2. The average Bonchev–Trinajstić information content (AvgIpc) is 3.45. The van der Waals surface area contributed by atoms with Crippen LogP contribution in [0, 0.1) is 5.82 Å². The Morgan fingerprint density at radius 3 is 2.49 bits per heavy atom. The molecule has 0 amide bonds. The van der Waals surface area contributed by atoms with Crippen LogP contribution in [0.5, 0.6) is 5.75 Å². The van der Waals surface area contributed by atoms with Crippen molar-refractivity contribution in [3.63, 3.8) is 0 Å². The Labute approximate surface area is 224 Å². The predicted octanol–water partition coefficient (Wildman–Crippen LogP) is 5.35. The van der Waals surface area contributed by atoms with Gasteiger partial charge in [0.25, 0.3) is 0 Å². The molecule has 0 saturated heterocycles. The third kappa shape index (κ3) is 6.82. The van der Waals surface area contributed by atoms with Gasteiger partial charge in [0.15, 0.2) is 0 Å². The molecule has 0 spiro atoms. The standard InChI is InChI=1S/C22H21ClFN7O.C2HF3O2/c1-32-19-12-16(9-10-18(19)31-13-25-21(23)28-31)26-22-27-20-17(4-2-3-11-30(20)29-22)14-5-7-15(24)8-6-14;3-2(4,5)1(6)7/h5-10,12-13,17H,2-4,11H2,1H3,(H,26,29);(H,6,7). The first-order valence-electron chi connectivity index (χ1n) is 11.6. The van der Waals surface area contributed by atoms with Gasteiger partial charge >= 0.3 is 12.1 Å². The molecule has 5 rings (SSSR count). The number of rotatable bonds is 5. The summed E-state index contributed by atoms with van der Waals surface area (Å²) in [6.45, 7) is 0.803. The first kappa shape index (κ1) is 27.8. The van der Waals surface area contributed by atoms with Crippen LogP contribution >= 0.6 is 11.6 Å². The minimum atomic E-state index is -5.08. The van der Waals surface area contributed by atoms with Crippen molar-refractivity contribution >= 4 is 29.2 Å². The highest BCUT2D eigenvalue weighted by atomic mass is 35.5. The van der Waals surface area contributed by atoms with E-state index in [2.05, 4.69) is 20.5 Å². The summed E-state index contributed by atoms with van der Waals surface area (Å²) in [7, 11) is 1.59. The van der Waals surface area contributed by atoms with Crippen LogP contribution in [0.25, 0.3) is 5.69 Å². The Kier molecular flexibility index (Phi) is 8.33. The van der Waals surface area contributed by atoms with Gasteiger partial charge in [-0.2, -0.15) is 18.2 Å². The monoisotopic (exact) mass is 567 g/mol. The second kappa shape index (κ2) is 11.7. The Hall–Kier alpha value is -4.20. The molecule has 1 atom stereocenters. The summed E-state index contributed by atoms with van der Waals surface area (Å²) in [6, 6.07) is 12.2. The van der Waals surface area contributed by atoms with Gasteiger partial charge in [-0.05, 0) is 54.3 Å². The molecule has 206 valence electrons. The summed E-state index contributed by atoms with van der Waals surface area (Å²) >= 11 is 5.84. The number of aliphatic carboxylic acids is 1. The van der Waals surface area contributed by atoms with Crippen LogP contribution in [-0.2, 0) is 11.3 Å². The number of carbonyl (C=O) groups is 1. The molecular formula is C24H22ClF4N7O3. The van der Waals surface area contributed by atoms with Crippen molar-refractivity contribution in [2.45, 2.75) is 37.9 Å². The van der Waals surface area contributed by atoms with Gasteiger partial charge in [0.05, 0.1) is 7.11 Å². The molecule has 2 aromatic heterocycles. The molecule has 39 heavy (non-hydrogen) atoms. The number of methoxy groups -OCH3 is 1. The van der Waals surface area contributed by atoms with E-state index in [1.54, 1.807) is 11.8 Å². The molecule has 15 heteroatoms. The number of fused-ring (bicyclic) bond motifs is 1. The smallest absolute Gasteiger partial charge is 0.490 e. The lowest BCUT2D eigenvalue weighted by Gasteiger charge is -2.14. The number of carboxylic acids is 1. The number of nitrogens with zero attached hydrogens (tertiary/aromatic N) is 6. The van der Waals surface area contributed by atoms with Gasteiger partial charge in [-0.3, -0.25) is 0 Å². The molecule has 2 N–H and O–H groups in total. The van der Waals surface area contributed by atoms with Crippen LogP contribution in [-0.4, -0.2) is 53.9 Å². The first-order valence-corrected chi connectivity index (χ1v) is 12.0. The zero-order chi connectivity index (χ0) is 28.2. The zero-order valence-corrected chi connectivity index (χ0v) is 21.1. The molecule has 3 heterocycles. The molecule has 10 nitrogen and oxygen atoms in total. The van der Waals surface area contributed by atoms with Crippen LogP contribution in [0.1, 0.15) is 36.6 Å². The molecule has 0 bridgehead atoms. The van der Waals surface area contributed by atoms with Gasteiger partial charge in [0.1, 0.15) is 29.4 Å². The van der Waals surface area contributed by atoms with Crippen LogP contribution in [0.15, 0.2) is 48.8 Å². The van der Waals surface area contributed by atoms with Crippen molar-refractivity contribution in [1.82, 2.24) is 29.5 Å². The quantitative estimate of drug-likeness (QED) is 0.310. The molecule has 2 aromatic carbocycles. The summed E-state index contributed by atoms with van der Waals surface area (Å²) in [6.07, 6.45) is -0.513. The third-order valence-corrected chi connectivity index (χ3v) is 5.96. The number of aryl methyl sites for hydroxylation is 1. The predicted molar refractivity (Wildman–Crippen MR) is 132 cm³/mol. The number of hydrogen-bond acceptors (Lipinski definition) is 7. The van der Waals surface area contributed by atoms with E-state index in [-0.39, 0.29) is 17.0 Å². The minimum Gasteiger partial charge on any atom is -0.494 e. The van der Waals surface area contributed by atoms with E-state index in [0.29, 0.717) is 17.4 Å². The molecule has 1 aliphatic heterocycles. The second-order valence-corrected chi connectivity index (χ2v) is 8.73. The molecule has 1 aliphatic rings. The van der Waals surface area contributed by atoms with Crippen LogP contribution in [0.3, 0.4) is 0 Å². The Morgan fingerprint density at radius 1 is 1.15 bits per heavy atom. The number of carboxylic acid groups (broad SMARTS) is 1. The summed E-state index contributed by atoms with van der Waals surface area (Å²) < 4.78 is 54.2. The largest absolute Gasteiger partial charge is 0.494 e. The van der Waals surface area contributed by atoms with E-state index in [1.165, 1.54) is 18.5 Å².